The lowest BCUT2D eigenvalue weighted by atomic mass is 10.0. The summed E-state index contributed by atoms with van der Waals surface area (Å²) in [5.41, 5.74) is 0. The Bertz CT molecular complexity index is 1790. The van der Waals surface area contributed by atoms with Gasteiger partial charge in [0.2, 0.25) is 0 Å². The van der Waals surface area contributed by atoms with E-state index in [9.17, 15) is 14.7 Å². The van der Waals surface area contributed by atoms with Gasteiger partial charge in [0.25, 0.3) is 0 Å². The van der Waals surface area contributed by atoms with Crippen molar-refractivity contribution in [1.29, 1.82) is 0 Å². The third kappa shape index (κ3) is 70.0. The van der Waals surface area contributed by atoms with Crippen LogP contribution >= 0.6 is 0 Å². The zero-order valence-corrected chi connectivity index (χ0v) is 54.6. The molecule has 0 fully saturated rings. The summed E-state index contributed by atoms with van der Waals surface area (Å²) < 4.78 is 10.8. The van der Waals surface area contributed by atoms with E-state index in [0.717, 1.165) is 122 Å². The second-order valence-corrected chi connectivity index (χ2v) is 22.8. The molecule has 0 saturated carbocycles. The largest absolute Gasteiger partial charge is 0.462 e. The van der Waals surface area contributed by atoms with Crippen LogP contribution in [0.25, 0.3) is 0 Å². The van der Waals surface area contributed by atoms with Gasteiger partial charge in [-0.3, -0.25) is 9.59 Å². The van der Waals surface area contributed by atoms with E-state index >= 15 is 0 Å². The van der Waals surface area contributed by atoms with Gasteiger partial charge >= 0.3 is 11.9 Å². The Balaban J connectivity index is 3.50. The van der Waals surface area contributed by atoms with Gasteiger partial charge < -0.3 is 14.6 Å². The molecule has 1 N–H and O–H groups in total. The van der Waals surface area contributed by atoms with Gasteiger partial charge in [0.05, 0.1) is 6.61 Å². The highest BCUT2D eigenvalue weighted by atomic mass is 16.6. The molecule has 0 aliphatic heterocycles. The fourth-order valence-electron chi connectivity index (χ4n) is 9.66. The summed E-state index contributed by atoms with van der Waals surface area (Å²) in [6.07, 6.45) is 111. The first-order valence-corrected chi connectivity index (χ1v) is 35.0. The molecular formula is C79H130O5. The minimum Gasteiger partial charge on any atom is -0.462 e. The number of esters is 2. The normalized spacial score (nSPS) is 13.2. The zero-order chi connectivity index (χ0) is 60.5. The maximum Gasteiger partial charge on any atom is 0.306 e. The molecule has 0 spiro atoms. The van der Waals surface area contributed by atoms with E-state index in [4.69, 9.17) is 9.47 Å². The molecule has 0 aromatic heterocycles. The minimum atomic E-state index is -0.782. The lowest BCUT2D eigenvalue weighted by Gasteiger charge is -2.15. The molecule has 0 aliphatic carbocycles. The molecule has 84 heavy (non-hydrogen) atoms. The number of hydrogen-bond donors (Lipinski definition) is 1. The highest BCUT2D eigenvalue weighted by molar-refractivity contribution is 5.70. The first-order chi connectivity index (χ1) is 41.6. The standard InChI is InChI=1S/C79H130O5/c1-3-5-7-9-11-13-15-17-19-21-23-25-27-29-31-33-34-35-36-37-38-39-40-41-42-43-44-46-48-50-52-54-56-58-60-62-64-66-68-70-72-74-79(82)84-77(75-80)76-83-78(81)73-71-69-67-65-63-61-59-57-55-53-51-49-47-45-32-30-28-26-24-22-20-18-16-14-12-10-8-6-4-2/h5-8,11-14,17-20,23-26,29-32,34-35,37-38,40-41,77,80H,3-4,9-10,15-16,21-22,27-28,33,36,39,42-76H2,1-2H3/b7-5-,8-6-,13-11-,14-12-,19-17-,20-18-,25-23-,26-24-,31-29-,32-30-,35-34-,38-37-,41-40-. The molecule has 1 unspecified atom stereocenters. The van der Waals surface area contributed by atoms with Crippen molar-refractivity contribution in [2.45, 2.75) is 315 Å². The van der Waals surface area contributed by atoms with Gasteiger partial charge in [0.15, 0.2) is 6.10 Å². The molecule has 476 valence electrons. The molecule has 0 aromatic rings. The number of unbranched alkanes of at least 4 members (excludes halogenated alkanes) is 29. The Kier molecular flexibility index (Phi) is 68.9. The van der Waals surface area contributed by atoms with Crippen molar-refractivity contribution < 1.29 is 24.2 Å². The maximum atomic E-state index is 12.4. The fourth-order valence-corrected chi connectivity index (χ4v) is 9.66. The van der Waals surface area contributed by atoms with Gasteiger partial charge in [-0.15, -0.1) is 0 Å². The Labute approximate surface area is 520 Å². The zero-order valence-electron chi connectivity index (χ0n) is 54.6. The van der Waals surface area contributed by atoms with Crippen LogP contribution in [0.5, 0.6) is 0 Å². The van der Waals surface area contributed by atoms with Gasteiger partial charge in [-0.25, -0.2) is 0 Å². The summed E-state index contributed by atoms with van der Waals surface area (Å²) in [5, 5.41) is 9.71. The smallest absolute Gasteiger partial charge is 0.306 e. The quantitative estimate of drug-likeness (QED) is 0.0373. The molecule has 5 nitrogen and oxygen atoms in total. The van der Waals surface area contributed by atoms with Crippen molar-refractivity contribution in [1.82, 2.24) is 0 Å². The average Bonchev–Trinajstić information content (AvgIpc) is 3.51. The van der Waals surface area contributed by atoms with E-state index in [-0.39, 0.29) is 25.2 Å². The van der Waals surface area contributed by atoms with Crippen LogP contribution in [-0.4, -0.2) is 36.4 Å². The number of hydrogen-bond acceptors (Lipinski definition) is 5. The number of carbonyl (C=O) groups excluding carboxylic acids is 2. The third-order valence-electron chi connectivity index (χ3n) is 14.8. The fraction of sp³-hybridized carbons (Fsp3) is 0.646. The molecule has 0 rings (SSSR count). The van der Waals surface area contributed by atoms with Crippen molar-refractivity contribution in [3.05, 3.63) is 158 Å². The van der Waals surface area contributed by atoms with Crippen molar-refractivity contribution in [2.75, 3.05) is 13.2 Å². The number of aliphatic hydroxyl groups is 1. The van der Waals surface area contributed by atoms with Crippen LogP contribution in [0.3, 0.4) is 0 Å². The number of rotatable bonds is 63. The summed E-state index contributed by atoms with van der Waals surface area (Å²) in [7, 11) is 0. The first-order valence-electron chi connectivity index (χ1n) is 35.0. The summed E-state index contributed by atoms with van der Waals surface area (Å²) >= 11 is 0. The average molecular weight is 1160 g/mol. The van der Waals surface area contributed by atoms with Gasteiger partial charge in [-0.2, -0.15) is 0 Å². The summed E-state index contributed by atoms with van der Waals surface area (Å²) in [4.78, 5) is 24.7. The highest BCUT2D eigenvalue weighted by Crippen LogP contribution is 2.17. The van der Waals surface area contributed by atoms with Crippen LogP contribution in [-0.2, 0) is 19.1 Å². The van der Waals surface area contributed by atoms with E-state index in [1.54, 1.807) is 0 Å². The molecule has 5 heteroatoms. The molecule has 0 aliphatic rings. The van der Waals surface area contributed by atoms with Crippen molar-refractivity contribution >= 4 is 11.9 Å². The monoisotopic (exact) mass is 1160 g/mol. The Hall–Kier alpha value is -4.48. The molecule has 0 amide bonds. The lowest BCUT2D eigenvalue weighted by molar-refractivity contribution is -0.161. The van der Waals surface area contributed by atoms with Crippen LogP contribution in [0.15, 0.2) is 158 Å². The first kappa shape index (κ1) is 79.5. The van der Waals surface area contributed by atoms with Crippen LogP contribution < -0.4 is 0 Å². The molecule has 0 radical (unpaired) electrons. The Morgan fingerprint density at radius 1 is 0.274 bits per heavy atom. The van der Waals surface area contributed by atoms with E-state index in [0.29, 0.717) is 12.8 Å². The van der Waals surface area contributed by atoms with Gasteiger partial charge in [0, 0.05) is 12.8 Å². The Morgan fingerprint density at radius 3 is 0.714 bits per heavy atom. The number of ether oxygens (including phenoxy) is 2. The maximum absolute atomic E-state index is 12.4. The predicted molar refractivity (Wildman–Crippen MR) is 370 cm³/mol. The van der Waals surface area contributed by atoms with Crippen molar-refractivity contribution in [3.8, 4) is 0 Å². The van der Waals surface area contributed by atoms with Crippen LogP contribution in [0.1, 0.15) is 309 Å². The van der Waals surface area contributed by atoms with Crippen molar-refractivity contribution in [2.24, 2.45) is 0 Å². The predicted octanol–water partition coefficient (Wildman–Crippen LogP) is 24.6. The Morgan fingerprint density at radius 2 is 0.476 bits per heavy atom. The summed E-state index contributed by atoms with van der Waals surface area (Å²) in [6, 6.07) is 0. The topological polar surface area (TPSA) is 72.8 Å². The van der Waals surface area contributed by atoms with Gasteiger partial charge in [-0.05, 0) is 122 Å². The molecule has 1 atom stereocenters. The molecule has 0 saturated heterocycles. The highest BCUT2D eigenvalue weighted by Gasteiger charge is 2.16. The van der Waals surface area contributed by atoms with Gasteiger partial charge in [-0.1, -0.05) is 332 Å². The SMILES string of the molecule is CC/C=C\C/C=C\C/C=C\C/C=C\C/C=C\C/C=C\C/C=C\C/C=C\CCCCCCCCCCCCCCCCCCC(=O)OC(CO)COC(=O)CCCCCCCCCCCCCCC/C=C\C/C=C\C/C=C\C/C=C\C/C=C\CC. The molecule has 0 heterocycles. The van der Waals surface area contributed by atoms with E-state index in [1.165, 1.54) is 161 Å². The summed E-state index contributed by atoms with van der Waals surface area (Å²) in [6.45, 7) is 3.93. The molecule has 0 bridgehead atoms. The third-order valence-corrected chi connectivity index (χ3v) is 14.8. The second-order valence-electron chi connectivity index (χ2n) is 22.8. The number of aliphatic hydroxyl groups excluding tert-OH is 1. The van der Waals surface area contributed by atoms with Crippen LogP contribution in [0, 0.1) is 0 Å². The second kappa shape index (κ2) is 72.8. The van der Waals surface area contributed by atoms with Crippen LogP contribution in [0.2, 0.25) is 0 Å². The molecular weight excluding hydrogens is 1030 g/mol. The number of carbonyl (C=O) groups is 2. The van der Waals surface area contributed by atoms with E-state index < -0.39 is 6.10 Å². The van der Waals surface area contributed by atoms with Gasteiger partial charge in [0.1, 0.15) is 6.61 Å². The summed E-state index contributed by atoms with van der Waals surface area (Å²) in [5.74, 6) is -0.589. The van der Waals surface area contributed by atoms with E-state index in [1.807, 2.05) is 0 Å². The lowest BCUT2D eigenvalue weighted by Crippen LogP contribution is -2.28. The van der Waals surface area contributed by atoms with E-state index in [2.05, 4.69) is 172 Å². The van der Waals surface area contributed by atoms with Crippen molar-refractivity contribution in [3.63, 3.8) is 0 Å². The van der Waals surface area contributed by atoms with Crippen LogP contribution in [0.4, 0.5) is 0 Å². The molecule has 0 aromatic carbocycles. The number of allylic oxidation sites excluding steroid dienone is 26. The minimum absolute atomic E-state index is 0.0714.